The normalized spacial score (nSPS) is 14.9. The van der Waals surface area contributed by atoms with Crippen LogP contribution >= 0.6 is 0 Å². The van der Waals surface area contributed by atoms with Gasteiger partial charge in [-0.25, -0.2) is 4.98 Å². The first kappa shape index (κ1) is 9.96. The zero-order valence-electron chi connectivity index (χ0n) is 8.57. The summed E-state index contributed by atoms with van der Waals surface area (Å²) in [4.78, 5) is 4.02. The van der Waals surface area contributed by atoms with E-state index in [0.717, 1.165) is 24.7 Å². The van der Waals surface area contributed by atoms with Crippen LogP contribution in [-0.2, 0) is 0 Å². The first-order valence-electron chi connectivity index (χ1n) is 5.19. The molecule has 80 valence electrons. The molecule has 1 heterocycles. The summed E-state index contributed by atoms with van der Waals surface area (Å²) in [6.07, 6.45) is 5.45. The van der Waals surface area contributed by atoms with Gasteiger partial charge in [0, 0.05) is 0 Å². The maximum Gasteiger partial charge on any atom is 0.141 e. The summed E-state index contributed by atoms with van der Waals surface area (Å²) >= 11 is 0. The quantitative estimate of drug-likeness (QED) is 0.565. The molecule has 0 unspecified atom stereocenters. The van der Waals surface area contributed by atoms with E-state index < -0.39 is 0 Å². The van der Waals surface area contributed by atoms with Crippen molar-refractivity contribution in [2.45, 2.75) is 19.3 Å². The Kier molecular flexibility index (Phi) is 2.85. The maximum absolute atomic E-state index is 7.18. The van der Waals surface area contributed by atoms with Gasteiger partial charge in [-0.3, -0.25) is 5.41 Å². The number of nitrogens with zero attached hydrogens (tertiary/aromatic N) is 1. The second-order valence-electron chi connectivity index (χ2n) is 3.87. The molecule has 3 N–H and O–H groups in total. The second kappa shape index (κ2) is 4.29. The molecule has 1 aliphatic carbocycles. The highest BCUT2D eigenvalue weighted by atomic mass is 16.5. The molecule has 1 fully saturated rings. The topological polar surface area (TPSA) is 72.0 Å². The number of nitrogen functional groups attached to an aromatic ring is 1. The number of hydrogen-bond donors (Lipinski definition) is 2. The third-order valence-corrected chi connectivity index (χ3v) is 2.50. The molecule has 0 atom stereocenters. The zero-order chi connectivity index (χ0) is 10.7. The summed E-state index contributed by atoms with van der Waals surface area (Å²) in [7, 11) is 0. The standard InChI is InChI=1S/C11H15N3O/c12-11(13)10-4-3-9(7-14-10)15-6-5-8-1-2-8/h3-4,7-8H,1-2,5-6H2,(H3,12,13). The van der Waals surface area contributed by atoms with E-state index in [4.69, 9.17) is 15.9 Å². The van der Waals surface area contributed by atoms with Crippen molar-refractivity contribution in [2.75, 3.05) is 6.61 Å². The highest BCUT2D eigenvalue weighted by Crippen LogP contribution is 2.32. The molecule has 1 aromatic rings. The van der Waals surface area contributed by atoms with Crippen molar-refractivity contribution in [3.05, 3.63) is 24.0 Å². The highest BCUT2D eigenvalue weighted by molar-refractivity contribution is 5.92. The van der Waals surface area contributed by atoms with Gasteiger partial charge < -0.3 is 10.5 Å². The lowest BCUT2D eigenvalue weighted by Crippen LogP contribution is -2.12. The number of aromatic nitrogens is 1. The van der Waals surface area contributed by atoms with E-state index in [1.54, 1.807) is 18.3 Å². The molecule has 0 bridgehead atoms. The lowest BCUT2D eigenvalue weighted by atomic mass is 10.3. The summed E-state index contributed by atoms with van der Waals surface area (Å²) in [6.45, 7) is 0.756. The molecular formula is C11H15N3O. The molecule has 15 heavy (non-hydrogen) atoms. The first-order valence-corrected chi connectivity index (χ1v) is 5.19. The Morgan fingerprint density at radius 2 is 2.33 bits per heavy atom. The van der Waals surface area contributed by atoms with Gasteiger partial charge in [-0.15, -0.1) is 0 Å². The fourth-order valence-electron chi connectivity index (χ4n) is 1.37. The summed E-state index contributed by atoms with van der Waals surface area (Å²) < 4.78 is 5.52. The Balaban J connectivity index is 1.83. The van der Waals surface area contributed by atoms with Gasteiger partial charge in [-0.1, -0.05) is 12.8 Å². The summed E-state index contributed by atoms with van der Waals surface area (Å²) in [6, 6.07) is 3.51. The minimum atomic E-state index is -0.0143. The van der Waals surface area contributed by atoms with E-state index in [-0.39, 0.29) is 5.84 Å². The van der Waals surface area contributed by atoms with Crippen molar-refractivity contribution in [2.24, 2.45) is 11.7 Å². The van der Waals surface area contributed by atoms with Crippen LogP contribution in [0.1, 0.15) is 25.0 Å². The van der Waals surface area contributed by atoms with E-state index >= 15 is 0 Å². The largest absolute Gasteiger partial charge is 0.492 e. The molecule has 0 radical (unpaired) electrons. The lowest BCUT2D eigenvalue weighted by molar-refractivity contribution is 0.301. The molecule has 0 aliphatic heterocycles. The smallest absolute Gasteiger partial charge is 0.141 e. The molecule has 0 spiro atoms. The van der Waals surface area contributed by atoms with Gasteiger partial charge in [-0.2, -0.15) is 0 Å². The van der Waals surface area contributed by atoms with Crippen LogP contribution < -0.4 is 10.5 Å². The van der Waals surface area contributed by atoms with E-state index in [1.165, 1.54) is 12.8 Å². The fourth-order valence-corrected chi connectivity index (χ4v) is 1.37. The Morgan fingerprint density at radius 1 is 1.53 bits per heavy atom. The fraction of sp³-hybridized carbons (Fsp3) is 0.455. The van der Waals surface area contributed by atoms with Crippen molar-refractivity contribution < 1.29 is 4.74 Å². The van der Waals surface area contributed by atoms with Gasteiger partial charge >= 0.3 is 0 Å². The van der Waals surface area contributed by atoms with Crippen molar-refractivity contribution in [1.82, 2.24) is 4.98 Å². The van der Waals surface area contributed by atoms with Crippen LogP contribution in [0.25, 0.3) is 0 Å². The van der Waals surface area contributed by atoms with Gasteiger partial charge in [0.1, 0.15) is 17.3 Å². The first-order chi connectivity index (χ1) is 7.25. The van der Waals surface area contributed by atoms with Crippen LogP contribution in [0.5, 0.6) is 5.75 Å². The monoisotopic (exact) mass is 205 g/mol. The Hall–Kier alpha value is -1.58. The zero-order valence-corrected chi connectivity index (χ0v) is 8.57. The predicted octanol–water partition coefficient (Wildman–Crippen LogP) is 1.54. The van der Waals surface area contributed by atoms with Crippen LogP contribution in [0.2, 0.25) is 0 Å². The molecular weight excluding hydrogens is 190 g/mol. The molecule has 1 aliphatic rings. The van der Waals surface area contributed by atoms with Gasteiger partial charge in [0.15, 0.2) is 0 Å². The predicted molar refractivity (Wildman–Crippen MR) is 58.1 cm³/mol. The number of ether oxygens (including phenoxy) is 1. The minimum Gasteiger partial charge on any atom is -0.492 e. The summed E-state index contributed by atoms with van der Waals surface area (Å²) in [5.74, 6) is 1.62. The van der Waals surface area contributed by atoms with Crippen LogP contribution in [0.15, 0.2) is 18.3 Å². The molecule has 0 amide bonds. The molecule has 1 aromatic heterocycles. The van der Waals surface area contributed by atoms with Crippen LogP contribution in [-0.4, -0.2) is 17.4 Å². The SMILES string of the molecule is N=C(N)c1ccc(OCCC2CC2)cn1. The van der Waals surface area contributed by atoms with E-state index in [2.05, 4.69) is 4.98 Å². The van der Waals surface area contributed by atoms with Gasteiger partial charge in [0.2, 0.25) is 0 Å². The van der Waals surface area contributed by atoms with Crippen LogP contribution in [0.3, 0.4) is 0 Å². The number of hydrogen-bond acceptors (Lipinski definition) is 3. The third-order valence-electron chi connectivity index (χ3n) is 2.50. The van der Waals surface area contributed by atoms with Crippen molar-refractivity contribution in [1.29, 1.82) is 5.41 Å². The van der Waals surface area contributed by atoms with E-state index in [9.17, 15) is 0 Å². The maximum atomic E-state index is 7.18. The Morgan fingerprint density at radius 3 is 2.87 bits per heavy atom. The lowest BCUT2D eigenvalue weighted by Gasteiger charge is -2.05. The van der Waals surface area contributed by atoms with Gasteiger partial charge in [0.05, 0.1) is 12.8 Å². The van der Waals surface area contributed by atoms with Gasteiger partial charge in [-0.05, 0) is 24.5 Å². The van der Waals surface area contributed by atoms with Crippen molar-refractivity contribution >= 4 is 5.84 Å². The van der Waals surface area contributed by atoms with Crippen LogP contribution in [0, 0.1) is 11.3 Å². The number of nitrogens with one attached hydrogen (secondary N) is 1. The molecule has 2 rings (SSSR count). The summed E-state index contributed by atoms with van der Waals surface area (Å²) in [5, 5.41) is 7.18. The average Bonchev–Trinajstić information content (AvgIpc) is 3.02. The van der Waals surface area contributed by atoms with Gasteiger partial charge in [0.25, 0.3) is 0 Å². The van der Waals surface area contributed by atoms with Crippen LogP contribution in [0.4, 0.5) is 0 Å². The number of rotatable bonds is 5. The Labute approximate surface area is 89.0 Å². The number of nitrogens with two attached hydrogens (primary N) is 1. The number of amidine groups is 1. The molecule has 4 heteroatoms. The van der Waals surface area contributed by atoms with Crippen molar-refractivity contribution in [3.63, 3.8) is 0 Å². The minimum absolute atomic E-state index is 0.0143. The third kappa shape index (κ3) is 2.94. The van der Waals surface area contributed by atoms with E-state index in [1.807, 2.05) is 0 Å². The summed E-state index contributed by atoms with van der Waals surface area (Å²) in [5.41, 5.74) is 5.78. The van der Waals surface area contributed by atoms with E-state index in [0.29, 0.717) is 5.69 Å². The molecule has 0 aromatic carbocycles. The van der Waals surface area contributed by atoms with Crippen molar-refractivity contribution in [3.8, 4) is 5.75 Å². The molecule has 4 nitrogen and oxygen atoms in total. The molecule has 0 saturated heterocycles. The highest BCUT2D eigenvalue weighted by Gasteiger charge is 2.20. The second-order valence-corrected chi connectivity index (χ2v) is 3.87. The average molecular weight is 205 g/mol. The number of pyridine rings is 1. The molecule has 1 saturated carbocycles. The Bertz CT molecular complexity index is 343.